The van der Waals surface area contributed by atoms with Gasteiger partial charge in [-0.15, -0.1) is 0 Å². The van der Waals surface area contributed by atoms with Gasteiger partial charge >= 0.3 is 5.70 Å². The number of rotatable bonds is 7. The Morgan fingerprint density at radius 2 is 2.20 bits per heavy atom. The third-order valence-electron chi connectivity index (χ3n) is 2.86. The molecule has 20 heavy (non-hydrogen) atoms. The first-order valence-corrected chi connectivity index (χ1v) is 7.34. The van der Waals surface area contributed by atoms with Gasteiger partial charge in [0.2, 0.25) is 0 Å². The average Bonchev–Trinajstić information content (AvgIpc) is 2.92. The highest BCUT2D eigenvalue weighted by Crippen LogP contribution is 2.28. The van der Waals surface area contributed by atoms with Crippen LogP contribution >= 0.6 is 23.2 Å². The number of nitrogens with zero attached hydrogens (tertiary/aromatic N) is 2. The lowest BCUT2D eigenvalue weighted by atomic mass is 10.3. The monoisotopic (exact) mass is 323 g/mol. The number of unbranched alkanes of at least 4 members (excludes halogenated alkanes) is 1. The summed E-state index contributed by atoms with van der Waals surface area (Å²) < 4.78 is 5.17. The van der Waals surface area contributed by atoms with Crippen LogP contribution in [0.5, 0.6) is 0 Å². The van der Waals surface area contributed by atoms with Crippen molar-refractivity contribution in [3.8, 4) is 0 Å². The van der Waals surface area contributed by atoms with Crippen molar-refractivity contribution in [2.45, 2.75) is 26.7 Å². The van der Waals surface area contributed by atoms with Crippen molar-refractivity contribution in [1.29, 1.82) is 0 Å². The molecule has 1 rings (SSSR count). The summed E-state index contributed by atoms with van der Waals surface area (Å²) in [6.07, 6.45) is 1.94. The van der Waals surface area contributed by atoms with Gasteiger partial charge in [-0.2, -0.15) is 0 Å². The first-order valence-electron chi connectivity index (χ1n) is 6.58. The number of nitro groups is 1. The fraction of sp³-hybridized carbons (Fsp3) is 0.667. The standard InChI is InChI=1S/C12H19Cl2N3O3/c1-3-5-7-16(4-2)11(14)9(13)10(17(18)19)12-15-6-8-20-12/h15H,3-8H2,1-2H3/b11-9+,12-10-. The largest absolute Gasteiger partial charge is 0.472 e. The van der Waals surface area contributed by atoms with E-state index in [-0.39, 0.29) is 21.8 Å². The zero-order valence-electron chi connectivity index (χ0n) is 11.6. The summed E-state index contributed by atoms with van der Waals surface area (Å²) in [5.41, 5.74) is -0.316. The van der Waals surface area contributed by atoms with E-state index in [1.807, 2.05) is 11.8 Å². The Kier molecular flexibility index (Phi) is 6.95. The Morgan fingerprint density at radius 3 is 2.65 bits per heavy atom. The Bertz CT molecular complexity index is 416. The van der Waals surface area contributed by atoms with Gasteiger partial charge in [0, 0.05) is 13.1 Å². The van der Waals surface area contributed by atoms with E-state index < -0.39 is 4.92 Å². The Labute approximate surface area is 128 Å². The molecule has 1 saturated heterocycles. The lowest BCUT2D eigenvalue weighted by Crippen LogP contribution is -2.23. The summed E-state index contributed by atoms with van der Waals surface area (Å²) >= 11 is 12.3. The van der Waals surface area contributed by atoms with Crippen LogP contribution in [0.2, 0.25) is 0 Å². The van der Waals surface area contributed by atoms with E-state index in [0.717, 1.165) is 12.8 Å². The molecular formula is C12H19Cl2N3O3. The van der Waals surface area contributed by atoms with Crippen molar-refractivity contribution in [2.24, 2.45) is 0 Å². The maximum atomic E-state index is 11.2. The molecule has 0 unspecified atom stereocenters. The summed E-state index contributed by atoms with van der Waals surface area (Å²) in [7, 11) is 0. The minimum absolute atomic E-state index is 0.0738. The SMILES string of the molecule is CCCCN(CC)/C(Cl)=C(Cl)\C(=C1/NCCO1)[N+](=O)[O-]. The minimum atomic E-state index is -0.577. The van der Waals surface area contributed by atoms with Gasteiger partial charge in [0.05, 0.1) is 11.5 Å². The fourth-order valence-corrected chi connectivity index (χ4v) is 2.33. The fourth-order valence-electron chi connectivity index (χ4n) is 1.76. The first kappa shape index (κ1) is 16.9. The van der Waals surface area contributed by atoms with Crippen LogP contribution in [0.25, 0.3) is 0 Å². The molecule has 0 aromatic rings. The molecule has 6 nitrogen and oxygen atoms in total. The van der Waals surface area contributed by atoms with E-state index in [0.29, 0.717) is 26.2 Å². The molecule has 0 aromatic heterocycles. The molecule has 0 radical (unpaired) electrons. The van der Waals surface area contributed by atoms with E-state index in [4.69, 9.17) is 27.9 Å². The summed E-state index contributed by atoms with van der Waals surface area (Å²) in [6.45, 7) is 6.21. The van der Waals surface area contributed by atoms with Crippen molar-refractivity contribution in [3.05, 3.63) is 31.9 Å². The van der Waals surface area contributed by atoms with Crippen LogP contribution in [0.1, 0.15) is 26.7 Å². The van der Waals surface area contributed by atoms with Gasteiger partial charge in [0.15, 0.2) is 5.03 Å². The quantitative estimate of drug-likeness (QED) is 0.443. The number of hydrogen-bond acceptors (Lipinski definition) is 5. The molecule has 8 heteroatoms. The van der Waals surface area contributed by atoms with Crippen LogP contribution in [-0.2, 0) is 4.74 Å². The highest BCUT2D eigenvalue weighted by atomic mass is 35.5. The molecule has 0 bridgehead atoms. The van der Waals surface area contributed by atoms with Gasteiger partial charge in [-0.05, 0) is 13.3 Å². The lowest BCUT2D eigenvalue weighted by Gasteiger charge is -2.22. The second-order valence-corrected chi connectivity index (χ2v) is 4.98. The molecule has 0 spiro atoms. The van der Waals surface area contributed by atoms with Gasteiger partial charge in [-0.25, -0.2) is 0 Å². The van der Waals surface area contributed by atoms with E-state index in [2.05, 4.69) is 12.2 Å². The van der Waals surface area contributed by atoms with E-state index >= 15 is 0 Å². The smallest absolute Gasteiger partial charge is 0.349 e. The molecule has 0 aliphatic carbocycles. The Hall–Kier alpha value is -1.14. The van der Waals surface area contributed by atoms with Crippen LogP contribution < -0.4 is 5.32 Å². The van der Waals surface area contributed by atoms with Gasteiger partial charge in [0.1, 0.15) is 11.8 Å². The third kappa shape index (κ3) is 4.18. The third-order valence-corrected chi connectivity index (χ3v) is 3.74. The van der Waals surface area contributed by atoms with Gasteiger partial charge < -0.3 is 15.0 Å². The zero-order valence-corrected chi connectivity index (χ0v) is 13.1. The minimum Gasteiger partial charge on any atom is -0.472 e. The highest BCUT2D eigenvalue weighted by molar-refractivity contribution is 6.40. The molecule has 0 amide bonds. The van der Waals surface area contributed by atoms with Crippen molar-refractivity contribution >= 4 is 23.2 Å². The molecule has 0 atom stereocenters. The molecule has 1 fully saturated rings. The van der Waals surface area contributed by atoms with Gasteiger partial charge in [0.25, 0.3) is 5.88 Å². The van der Waals surface area contributed by atoms with Crippen LogP contribution in [0.4, 0.5) is 0 Å². The lowest BCUT2D eigenvalue weighted by molar-refractivity contribution is -0.423. The van der Waals surface area contributed by atoms with Crippen molar-refractivity contribution in [3.63, 3.8) is 0 Å². The zero-order chi connectivity index (χ0) is 15.1. The molecule has 114 valence electrons. The van der Waals surface area contributed by atoms with Crippen molar-refractivity contribution in [1.82, 2.24) is 10.2 Å². The van der Waals surface area contributed by atoms with Crippen LogP contribution in [0.3, 0.4) is 0 Å². The highest BCUT2D eigenvalue weighted by Gasteiger charge is 2.30. The van der Waals surface area contributed by atoms with Crippen molar-refractivity contribution < 1.29 is 9.66 Å². The molecule has 1 heterocycles. The number of allylic oxidation sites excluding steroid dienone is 1. The van der Waals surface area contributed by atoms with Gasteiger partial charge in [-0.1, -0.05) is 36.5 Å². The normalized spacial score (nSPS) is 18.0. The van der Waals surface area contributed by atoms with Crippen molar-refractivity contribution in [2.75, 3.05) is 26.2 Å². The number of nitrogens with one attached hydrogen (secondary N) is 1. The number of hydrogen-bond donors (Lipinski definition) is 1. The molecule has 0 saturated carbocycles. The molecular weight excluding hydrogens is 305 g/mol. The molecule has 1 N–H and O–H groups in total. The Balaban J connectivity index is 3.08. The summed E-state index contributed by atoms with van der Waals surface area (Å²) in [5.74, 6) is 0.0738. The second-order valence-electron chi connectivity index (χ2n) is 4.25. The maximum absolute atomic E-state index is 11.2. The number of ether oxygens (including phenoxy) is 1. The van der Waals surface area contributed by atoms with E-state index in [1.165, 1.54) is 0 Å². The van der Waals surface area contributed by atoms with Crippen LogP contribution in [0.15, 0.2) is 21.8 Å². The van der Waals surface area contributed by atoms with Crippen LogP contribution in [0, 0.1) is 10.1 Å². The Morgan fingerprint density at radius 1 is 1.50 bits per heavy atom. The second kappa shape index (κ2) is 8.21. The first-order chi connectivity index (χ1) is 9.52. The maximum Gasteiger partial charge on any atom is 0.349 e. The number of halogens is 2. The van der Waals surface area contributed by atoms with Crippen LogP contribution in [-0.4, -0.2) is 36.1 Å². The predicted octanol–water partition coefficient (Wildman–Crippen LogP) is 2.82. The summed E-state index contributed by atoms with van der Waals surface area (Å²) in [4.78, 5) is 12.4. The predicted molar refractivity (Wildman–Crippen MR) is 78.9 cm³/mol. The average molecular weight is 324 g/mol. The summed E-state index contributed by atoms with van der Waals surface area (Å²) in [6, 6.07) is 0. The van der Waals surface area contributed by atoms with E-state index in [9.17, 15) is 10.1 Å². The van der Waals surface area contributed by atoms with Gasteiger partial charge in [-0.3, -0.25) is 10.1 Å². The van der Waals surface area contributed by atoms with E-state index in [1.54, 1.807) is 0 Å². The molecule has 1 aliphatic heterocycles. The molecule has 0 aromatic carbocycles. The molecule has 1 aliphatic rings. The topological polar surface area (TPSA) is 67.6 Å². The summed E-state index contributed by atoms with van der Waals surface area (Å²) in [5, 5.41) is 14.1.